The molecule has 0 saturated carbocycles. The third-order valence-corrected chi connectivity index (χ3v) is 4.91. The summed E-state index contributed by atoms with van der Waals surface area (Å²) in [5.41, 5.74) is 5.20. The molecule has 0 radical (unpaired) electrons. The third-order valence-electron chi connectivity index (χ3n) is 4.91. The predicted octanol–water partition coefficient (Wildman–Crippen LogP) is 3.98. The van der Waals surface area contributed by atoms with Crippen molar-refractivity contribution in [2.75, 3.05) is 17.2 Å². The molecule has 7 heteroatoms. The van der Waals surface area contributed by atoms with Gasteiger partial charge in [0, 0.05) is 23.5 Å². The second kappa shape index (κ2) is 10.3. The summed E-state index contributed by atoms with van der Waals surface area (Å²) in [5.74, 6) is -1.44. The third kappa shape index (κ3) is 6.18. The first kappa shape index (κ1) is 22.6. The van der Waals surface area contributed by atoms with Gasteiger partial charge in [-0.2, -0.15) is 0 Å². The molecule has 0 fully saturated rings. The quantitative estimate of drug-likeness (QED) is 0.432. The van der Waals surface area contributed by atoms with Gasteiger partial charge in [0.05, 0.1) is 12.1 Å². The van der Waals surface area contributed by atoms with E-state index < -0.39 is 5.97 Å². The maximum absolute atomic E-state index is 12.3. The van der Waals surface area contributed by atoms with E-state index in [-0.39, 0.29) is 30.5 Å². The number of hydrogen-bond acceptors (Lipinski definition) is 4. The number of aryl methyl sites for hydroxylation is 2. The zero-order valence-electron chi connectivity index (χ0n) is 17.9. The summed E-state index contributed by atoms with van der Waals surface area (Å²) >= 11 is 0. The Bertz CT molecular complexity index is 1120. The number of nitrogens with one attached hydrogen (secondary N) is 3. The lowest BCUT2D eigenvalue weighted by molar-refractivity contribution is -0.114. The van der Waals surface area contributed by atoms with E-state index in [1.165, 1.54) is 12.1 Å². The van der Waals surface area contributed by atoms with Crippen molar-refractivity contribution >= 4 is 29.2 Å². The number of aromatic carboxylic acids is 1. The fourth-order valence-electron chi connectivity index (χ4n) is 3.15. The molecule has 0 aromatic heterocycles. The summed E-state index contributed by atoms with van der Waals surface area (Å²) in [7, 11) is 0. The largest absolute Gasteiger partial charge is 0.478 e. The number of anilines is 2. The van der Waals surface area contributed by atoms with Crippen LogP contribution in [0, 0.1) is 13.8 Å². The molecule has 0 unspecified atom stereocenters. The minimum Gasteiger partial charge on any atom is -0.478 e. The molecule has 0 saturated heterocycles. The van der Waals surface area contributed by atoms with Gasteiger partial charge < -0.3 is 21.1 Å². The predicted molar refractivity (Wildman–Crippen MR) is 124 cm³/mol. The highest BCUT2D eigenvalue weighted by molar-refractivity contribution is 5.96. The molecule has 3 aromatic rings. The van der Waals surface area contributed by atoms with Crippen molar-refractivity contribution in [1.82, 2.24) is 5.32 Å². The number of carbonyl (C=O) groups excluding carboxylic acids is 2. The first-order valence-corrected chi connectivity index (χ1v) is 10.1. The van der Waals surface area contributed by atoms with Gasteiger partial charge in [0.15, 0.2) is 0 Å². The molecule has 32 heavy (non-hydrogen) atoms. The maximum Gasteiger partial charge on any atom is 0.335 e. The lowest BCUT2D eigenvalue weighted by Crippen LogP contribution is -2.23. The van der Waals surface area contributed by atoms with Crippen LogP contribution in [0.3, 0.4) is 0 Å². The van der Waals surface area contributed by atoms with Crippen molar-refractivity contribution in [3.63, 3.8) is 0 Å². The Morgan fingerprint density at radius 1 is 0.844 bits per heavy atom. The summed E-state index contributed by atoms with van der Waals surface area (Å²) in [5, 5.41) is 17.6. The van der Waals surface area contributed by atoms with Gasteiger partial charge in [-0.25, -0.2) is 4.79 Å². The summed E-state index contributed by atoms with van der Waals surface area (Å²) in [4.78, 5) is 35.4. The lowest BCUT2D eigenvalue weighted by atomic mass is 10.1. The molecule has 0 heterocycles. The van der Waals surface area contributed by atoms with Gasteiger partial charge in [0.1, 0.15) is 0 Å². The van der Waals surface area contributed by atoms with Crippen LogP contribution in [-0.4, -0.2) is 29.4 Å². The minimum atomic E-state index is -0.992. The van der Waals surface area contributed by atoms with E-state index in [0.717, 1.165) is 22.4 Å². The monoisotopic (exact) mass is 431 g/mol. The Hall–Kier alpha value is -4.13. The molecule has 0 aliphatic rings. The topological polar surface area (TPSA) is 108 Å². The highest BCUT2D eigenvalue weighted by Crippen LogP contribution is 2.16. The van der Waals surface area contributed by atoms with Gasteiger partial charge in [-0.1, -0.05) is 29.8 Å². The summed E-state index contributed by atoms with van der Waals surface area (Å²) < 4.78 is 0. The first-order chi connectivity index (χ1) is 15.3. The second-order valence-electron chi connectivity index (χ2n) is 7.48. The van der Waals surface area contributed by atoms with E-state index in [4.69, 9.17) is 5.11 Å². The number of amides is 2. The van der Waals surface area contributed by atoms with Crippen LogP contribution in [-0.2, 0) is 11.3 Å². The Morgan fingerprint density at radius 2 is 1.50 bits per heavy atom. The molecule has 164 valence electrons. The number of carboxylic acids is 1. The molecular formula is C25H25N3O4. The average Bonchev–Trinajstić information content (AvgIpc) is 2.77. The number of benzene rings is 3. The van der Waals surface area contributed by atoms with Crippen LogP contribution < -0.4 is 16.0 Å². The minimum absolute atomic E-state index is 0.132. The number of rotatable bonds is 8. The molecule has 2 amide bonds. The van der Waals surface area contributed by atoms with Crippen molar-refractivity contribution in [2.45, 2.75) is 20.4 Å². The summed E-state index contributed by atoms with van der Waals surface area (Å²) in [6, 6.07) is 18.9. The van der Waals surface area contributed by atoms with Gasteiger partial charge in [0.2, 0.25) is 5.91 Å². The fourth-order valence-corrected chi connectivity index (χ4v) is 3.15. The Morgan fingerprint density at radius 3 is 2.12 bits per heavy atom. The van der Waals surface area contributed by atoms with Gasteiger partial charge in [-0.3, -0.25) is 9.59 Å². The molecule has 7 nitrogen and oxygen atoms in total. The van der Waals surface area contributed by atoms with Crippen molar-refractivity contribution in [3.8, 4) is 0 Å². The first-order valence-electron chi connectivity index (χ1n) is 10.1. The molecule has 0 atom stereocenters. The van der Waals surface area contributed by atoms with Gasteiger partial charge in [-0.15, -0.1) is 0 Å². The van der Waals surface area contributed by atoms with E-state index in [2.05, 4.69) is 22.0 Å². The molecule has 0 aliphatic heterocycles. The maximum atomic E-state index is 12.3. The van der Waals surface area contributed by atoms with E-state index in [9.17, 15) is 14.4 Å². The molecule has 4 N–H and O–H groups in total. The number of carbonyl (C=O) groups is 3. The summed E-state index contributed by atoms with van der Waals surface area (Å²) in [6.07, 6.45) is 0. The molecule has 0 aliphatic carbocycles. The van der Waals surface area contributed by atoms with Crippen LogP contribution in [0.1, 0.15) is 37.4 Å². The van der Waals surface area contributed by atoms with Crippen molar-refractivity contribution in [2.24, 2.45) is 0 Å². The zero-order valence-corrected chi connectivity index (χ0v) is 17.9. The number of hydrogen-bond donors (Lipinski definition) is 4. The van der Waals surface area contributed by atoms with E-state index in [1.807, 2.05) is 26.0 Å². The normalized spacial score (nSPS) is 10.3. The van der Waals surface area contributed by atoms with E-state index in [1.54, 1.807) is 36.4 Å². The van der Waals surface area contributed by atoms with Crippen molar-refractivity contribution in [3.05, 3.63) is 94.5 Å². The van der Waals surface area contributed by atoms with Crippen LogP contribution >= 0.6 is 0 Å². The summed E-state index contributed by atoms with van der Waals surface area (Å²) in [6.45, 7) is 4.42. The molecular weight excluding hydrogens is 406 g/mol. The Kier molecular flexibility index (Phi) is 7.23. The van der Waals surface area contributed by atoms with Crippen LogP contribution in [0.5, 0.6) is 0 Å². The molecule has 3 aromatic carbocycles. The van der Waals surface area contributed by atoms with Crippen LogP contribution in [0.15, 0.2) is 66.7 Å². The van der Waals surface area contributed by atoms with Crippen molar-refractivity contribution < 1.29 is 19.5 Å². The number of carboxylic acid groups (broad SMARTS) is 1. The molecule has 0 bridgehead atoms. The smallest absolute Gasteiger partial charge is 0.335 e. The van der Waals surface area contributed by atoms with E-state index in [0.29, 0.717) is 11.3 Å². The fraction of sp³-hybridized carbons (Fsp3) is 0.160. The standard InChI is InChI=1S/C25H25N3O4/c1-16-3-12-22(17(2)13-16)26-15-23(29)28-21-10-8-19(9-11-21)24(30)27-14-18-4-6-20(7-5-18)25(31)32/h3-13,26H,14-15H2,1-2H3,(H,27,30)(H,28,29)(H,31,32). The van der Waals surface area contributed by atoms with Crippen molar-refractivity contribution in [1.29, 1.82) is 0 Å². The van der Waals surface area contributed by atoms with E-state index >= 15 is 0 Å². The highest BCUT2D eigenvalue weighted by atomic mass is 16.4. The average molecular weight is 431 g/mol. The lowest BCUT2D eigenvalue weighted by Gasteiger charge is -2.11. The zero-order chi connectivity index (χ0) is 23.1. The second-order valence-corrected chi connectivity index (χ2v) is 7.48. The van der Waals surface area contributed by atoms with Crippen LogP contribution in [0.25, 0.3) is 0 Å². The SMILES string of the molecule is Cc1ccc(NCC(=O)Nc2ccc(C(=O)NCc3ccc(C(=O)O)cc3)cc2)c(C)c1. The Balaban J connectivity index is 1.48. The van der Waals surface area contributed by atoms with Gasteiger partial charge in [-0.05, 0) is 67.4 Å². The van der Waals surface area contributed by atoms with Crippen LogP contribution in [0.2, 0.25) is 0 Å². The van der Waals surface area contributed by atoms with Gasteiger partial charge in [0.25, 0.3) is 5.91 Å². The van der Waals surface area contributed by atoms with Gasteiger partial charge >= 0.3 is 5.97 Å². The molecule has 3 rings (SSSR count). The Labute approximate surface area is 186 Å². The van der Waals surface area contributed by atoms with Crippen LogP contribution in [0.4, 0.5) is 11.4 Å². The highest BCUT2D eigenvalue weighted by Gasteiger charge is 2.08. The molecule has 0 spiro atoms.